The Morgan fingerprint density at radius 2 is 2.14 bits per heavy atom. The van der Waals surface area contributed by atoms with Crippen molar-refractivity contribution in [3.8, 4) is 5.75 Å². The lowest BCUT2D eigenvalue weighted by Gasteiger charge is -2.32. The Labute approximate surface area is 128 Å². The van der Waals surface area contributed by atoms with E-state index in [1.807, 2.05) is 6.20 Å². The fourth-order valence-electron chi connectivity index (χ4n) is 2.80. The third kappa shape index (κ3) is 5.54. The number of nitrogens with zero attached hydrogens (tertiary/aromatic N) is 2. The Kier molecular flexibility index (Phi) is 6.80. The summed E-state index contributed by atoms with van der Waals surface area (Å²) in [5.74, 6) is 0.877. The molecule has 0 saturated carbocycles. The third-order valence-electron chi connectivity index (χ3n) is 4.04. The molecule has 1 aromatic heterocycles. The van der Waals surface area contributed by atoms with Crippen LogP contribution in [0.2, 0.25) is 0 Å². The summed E-state index contributed by atoms with van der Waals surface area (Å²) in [6.07, 6.45) is 12.3. The van der Waals surface area contributed by atoms with Crippen LogP contribution in [-0.2, 0) is 0 Å². The number of unbranched alkanes of at least 4 members (excludes halogenated alkanes) is 4. The number of nitrogens with two attached hydrogens (primary N) is 1. The minimum absolute atomic E-state index is 0.280. The maximum Gasteiger partial charge on any atom is 0.139 e. The van der Waals surface area contributed by atoms with E-state index >= 15 is 0 Å². The first-order valence-corrected chi connectivity index (χ1v) is 8.38. The van der Waals surface area contributed by atoms with E-state index in [1.54, 1.807) is 6.20 Å². The van der Waals surface area contributed by atoms with E-state index in [9.17, 15) is 0 Å². The van der Waals surface area contributed by atoms with Gasteiger partial charge in [0.1, 0.15) is 5.75 Å². The first-order valence-electron chi connectivity index (χ1n) is 8.38. The number of pyridine rings is 1. The van der Waals surface area contributed by atoms with Crippen LogP contribution in [-0.4, -0.2) is 30.7 Å². The summed E-state index contributed by atoms with van der Waals surface area (Å²) in [6, 6.07) is 2.37. The van der Waals surface area contributed by atoms with Crippen molar-refractivity contribution in [2.75, 3.05) is 24.6 Å². The van der Waals surface area contributed by atoms with Gasteiger partial charge < -0.3 is 15.4 Å². The molecule has 4 heteroatoms. The summed E-state index contributed by atoms with van der Waals surface area (Å²) in [5, 5.41) is 0. The van der Waals surface area contributed by atoms with E-state index < -0.39 is 0 Å². The Hall–Kier alpha value is -1.29. The molecule has 0 bridgehead atoms. The van der Waals surface area contributed by atoms with Crippen molar-refractivity contribution in [1.82, 2.24) is 4.98 Å². The molecular weight excluding hydrogens is 262 g/mol. The molecule has 21 heavy (non-hydrogen) atoms. The molecular formula is C17H29N3O. The van der Waals surface area contributed by atoms with Crippen LogP contribution in [0.3, 0.4) is 0 Å². The van der Waals surface area contributed by atoms with Crippen molar-refractivity contribution < 1.29 is 4.74 Å². The van der Waals surface area contributed by atoms with Gasteiger partial charge in [0.15, 0.2) is 0 Å². The molecule has 2 heterocycles. The second-order valence-electron chi connectivity index (χ2n) is 5.99. The third-order valence-corrected chi connectivity index (χ3v) is 4.04. The highest BCUT2D eigenvalue weighted by molar-refractivity contribution is 5.48. The average molecular weight is 291 g/mol. The number of piperidine rings is 1. The molecule has 0 amide bonds. The van der Waals surface area contributed by atoms with Crippen molar-refractivity contribution >= 4 is 5.69 Å². The van der Waals surface area contributed by atoms with Crippen molar-refractivity contribution in [2.45, 2.75) is 57.9 Å². The van der Waals surface area contributed by atoms with E-state index in [0.717, 1.165) is 50.4 Å². The molecule has 0 spiro atoms. The predicted octanol–water partition coefficient (Wildman–Crippen LogP) is 3.36. The van der Waals surface area contributed by atoms with Gasteiger partial charge in [-0.3, -0.25) is 4.98 Å². The van der Waals surface area contributed by atoms with E-state index in [0.29, 0.717) is 0 Å². The second-order valence-corrected chi connectivity index (χ2v) is 5.99. The summed E-state index contributed by atoms with van der Waals surface area (Å²) in [6.45, 7) is 5.01. The Morgan fingerprint density at radius 1 is 1.29 bits per heavy atom. The lowest BCUT2D eigenvalue weighted by molar-refractivity contribution is 0.303. The predicted molar refractivity (Wildman–Crippen MR) is 87.9 cm³/mol. The Morgan fingerprint density at radius 3 is 2.95 bits per heavy atom. The van der Waals surface area contributed by atoms with Gasteiger partial charge in [-0.1, -0.05) is 32.6 Å². The van der Waals surface area contributed by atoms with Gasteiger partial charge in [0.25, 0.3) is 0 Å². The normalized spacial score (nSPS) is 18.8. The van der Waals surface area contributed by atoms with E-state index in [4.69, 9.17) is 10.5 Å². The summed E-state index contributed by atoms with van der Waals surface area (Å²) < 4.78 is 5.82. The molecule has 1 atom stereocenters. The summed E-state index contributed by atoms with van der Waals surface area (Å²) in [5.41, 5.74) is 7.18. The first kappa shape index (κ1) is 16.1. The van der Waals surface area contributed by atoms with Gasteiger partial charge in [0.05, 0.1) is 24.7 Å². The zero-order valence-corrected chi connectivity index (χ0v) is 13.3. The fraction of sp³-hybridized carbons (Fsp3) is 0.706. The highest BCUT2D eigenvalue weighted by Crippen LogP contribution is 2.22. The molecule has 0 aromatic carbocycles. The lowest BCUT2D eigenvalue weighted by atomic mass is 10.1. The van der Waals surface area contributed by atoms with Crippen LogP contribution in [0.1, 0.15) is 51.9 Å². The molecule has 0 aliphatic carbocycles. The lowest BCUT2D eigenvalue weighted by Crippen LogP contribution is -2.42. The number of anilines is 1. The molecule has 1 fully saturated rings. The van der Waals surface area contributed by atoms with Crippen molar-refractivity contribution in [3.05, 3.63) is 18.5 Å². The van der Waals surface area contributed by atoms with Crippen LogP contribution in [0, 0.1) is 0 Å². The highest BCUT2D eigenvalue weighted by atomic mass is 16.5. The average Bonchev–Trinajstić information content (AvgIpc) is 2.51. The van der Waals surface area contributed by atoms with Crippen molar-refractivity contribution in [2.24, 2.45) is 5.73 Å². The van der Waals surface area contributed by atoms with E-state index in [-0.39, 0.29) is 6.04 Å². The topological polar surface area (TPSA) is 51.4 Å². The summed E-state index contributed by atoms with van der Waals surface area (Å²) in [7, 11) is 0. The van der Waals surface area contributed by atoms with Gasteiger partial charge >= 0.3 is 0 Å². The minimum Gasteiger partial charge on any atom is -0.492 e. The number of ether oxygens (including phenoxy) is 1. The van der Waals surface area contributed by atoms with Crippen LogP contribution >= 0.6 is 0 Å². The zero-order chi connectivity index (χ0) is 14.9. The van der Waals surface area contributed by atoms with E-state index in [2.05, 4.69) is 22.9 Å². The van der Waals surface area contributed by atoms with Crippen LogP contribution in [0.25, 0.3) is 0 Å². The summed E-state index contributed by atoms with van der Waals surface area (Å²) in [4.78, 5) is 6.62. The number of aromatic nitrogens is 1. The fourth-order valence-corrected chi connectivity index (χ4v) is 2.80. The number of hydrogen-bond donors (Lipinski definition) is 1. The SMILES string of the molecule is CCCCCCCOc1cncc(N2CCCC(N)C2)c1. The minimum atomic E-state index is 0.280. The molecule has 0 radical (unpaired) electrons. The molecule has 1 aliphatic heterocycles. The van der Waals surface area contributed by atoms with Crippen LogP contribution in [0.4, 0.5) is 5.69 Å². The van der Waals surface area contributed by atoms with Gasteiger partial charge in [-0.15, -0.1) is 0 Å². The van der Waals surface area contributed by atoms with Crippen LogP contribution < -0.4 is 15.4 Å². The number of rotatable bonds is 8. The second kappa shape index (κ2) is 8.88. The van der Waals surface area contributed by atoms with Gasteiger partial charge in [0, 0.05) is 25.2 Å². The standard InChI is InChI=1S/C17H29N3O/c1-2-3-4-5-6-10-21-17-11-16(12-19-13-17)20-9-7-8-15(18)14-20/h11-13,15H,2-10,14,18H2,1H3. The van der Waals surface area contributed by atoms with Gasteiger partial charge in [0.2, 0.25) is 0 Å². The summed E-state index contributed by atoms with van der Waals surface area (Å²) >= 11 is 0. The van der Waals surface area contributed by atoms with Gasteiger partial charge in [-0.25, -0.2) is 0 Å². The quantitative estimate of drug-likeness (QED) is 0.746. The Balaban J connectivity index is 1.78. The smallest absolute Gasteiger partial charge is 0.139 e. The van der Waals surface area contributed by atoms with Crippen LogP contribution in [0.5, 0.6) is 5.75 Å². The van der Waals surface area contributed by atoms with Crippen molar-refractivity contribution in [1.29, 1.82) is 0 Å². The highest BCUT2D eigenvalue weighted by Gasteiger charge is 2.17. The molecule has 2 rings (SSSR count). The molecule has 2 N–H and O–H groups in total. The number of hydrogen-bond acceptors (Lipinski definition) is 4. The zero-order valence-electron chi connectivity index (χ0n) is 13.3. The first-order chi connectivity index (χ1) is 10.3. The Bertz CT molecular complexity index is 411. The molecule has 1 aliphatic rings. The molecule has 1 aromatic rings. The molecule has 1 unspecified atom stereocenters. The monoisotopic (exact) mass is 291 g/mol. The van der Waals surface area contributed by atoms with Crippen molar-refractivity contribution in [3.63, 3.8) is 0 Å². The van der Waals surface area contributed by atoms with Gasteiger partial charge in [-0.2, -0.15) is 0 Å². The largest absolute Gasteiger partial charge is 0.492 e. The molecule has 1 saturated heterocycles. The van der Waals surface area contributed by atoms with E-state index in [1.165, 1.54) is 25.7 Å². The van der Waals surface area contributed by atoms with Crippen LogP contribution in [0.15, 0.2) is 18.5 Å². The maximum atomic E-state index is 6.05. The van der Waals surface area contributed by atoms with Gasteiger partial charge in [-0.05, 0) is 19.3 Å². The molecule has 4 nitrogen and oxygen atoms in total. The maximum absolute atomic E-state index is 6.05. The molecule has 118 valence electrons.